The van der Waals surface area contributed by atoms with Gasteiger partial charge in [0.15, 0.2) is 18.7 Å². The molecule has 34 heavy (non-hydrogen) atoms. The van der Waals surface area contributed by atoms with Crippen LogP contribution in [0.5, 0.6) is 0 Å². The van der Waals surface area contributed by atoms with E-state index in [1.54, 1.807) is 11.8 Å². The van der Waals surface area contributed by atoms with Gasteiger partial charge >= 0.3 is 5.97 Å². The topological polar surface area (TPSA) is 230 Å². The van der Waals surface area contributed by atoms with Gasteiger partial charge in [0.05, 0.1) is 13.2 Å². The van der Waals surface area contributed by atoms with Crippen molar-refractivity contribution in [3.8, 4) is 0 Å². The van der Waals surface area contributed by atoms with Gasteiger partial charge in [-0.2, -0.15) is 11.8 Å². The molecule has 0 aromatic rings. The number of aliphatic carboxylic acids is 1. The van der Waals surface area contributed by atoms with Crippen LogP contribution in [0.3, 0.4) is 0 Å². The van der Waals surface area contributed by atoms with Crippen LogP contribution in [0.25, 0.3) is 0 Å². The van der Waals surface area contributed by atoms with Crippen molar-refractivity contribution in [1.29, 1.82) is 0 Å². The molecule has 0 aromatic heterocycles. The van der Waals surface area contributed by atoms with Crippen LogP contribution in [0.2, 0.25) is 0 Å². The zero-order valence-electron chi connectivity index (χ0n) is 18.6. The van der Waals surface area contributed by atoms with Crippen molar-refractivity contribution in [1.82, 2.24) is 5.32 Å². The molecule has 9 N–H and O–H groups in total. The molecule has 2 rings (SSSR count). The number of aliphatic hydroxyl groups excluding tert-OH is 5. The van der Waals surface area contributed by atoms with E-state index in [1.807, 2.05) is 0 Å². The number of carbonyl (C=O) groups is 2. The lowest BCUT2D eigenvalue weighted by atomic mass is 9.95. The van der Waals surface area contributed by atoms with E-state index in [1.165, 1.54) is 6.92 Å². The number of thioether (sulfide) groups is 1. The third-order valence-electron chi connectivity index (χ3n) is 5.31. The van der Waals surface area contributed by atoms with Gasteiger partial charge < -0.3 is 60.6 Å². The van der Waals surface area contributed by atoms with Gasteiger partial charge in [-0.3, -0.25) is 4.79 Å². The number of aliphatic hydroxyl groups is 5. The molecule has 0 spiro atoms. The molecule has 198 valence electrons. The molecule has 0 aromatic carbocycles. The molecule has 2 fully saturated rings. The van der Waals surface area contributed by atoms with Crippen molar-refractivity contribution in [3.63, 3.8) is 0 Å². The van der Waals surface area contributed by atoms with E-state index in [0.717, 1.165) is 11.5 Å². The van der Waals surface area contributed by atoms with Gasteiger partial charge in [-0.15, -0.1) is 0 Å². The SMILES string of the molecule is CC(=O)N[C@H]1[C@H](OCCCSCCN)O[C@H](CO)[C@H](O)[C@@H]1O[C@@H]1O[C@H](C(=O)O)[C@@H](O)[C@H](O)[C@H]1O. The highest BCUT2D eigenvalue weighted by atomic mass is 32.2. The normalized spacial score (nSPS) is 38.4. The summed E-state index contributed by atoms with van der Waals surface area (Å²) in [6.07, 6.45) is -14.2. The van der Waals surface area contributed by atoms with E-state index >= 15 is 0 Å². The average molecular weight is 515 g/mol. The second kappa shape index (κ2) is 13.8. The maximum absolute atomic E-state index is 11.8. The molecule has 2 heterocycles. The zero-order valence-corrected chi connectivity index (χ0v) is 19.5. The Labute approximate surface area is 200 Å². The van der Waals surface area contributed by atoms with Crippen LogP contribution < -0.4 is 11.1 Å². The summed E-state index contributed by atoms with van der Waals surface area (Å²) < 4.78 is 22.1. The Bertz CT molecular complexity index is 661. The highest BCUT2D eigenvalue weighted by molar-refractivity contribution is 7.99. The first-order valence-corrected chi connectivity index (χ1v) is 12.0. The van der Waals surface area contributed by atoms with E-state index < -0.39 is 79.8 Å². The fraction of sp³-hybridized carbons (Fsp3) is 0.895. The monoisotopic (exact) mass is 514 g/mol. The molecule has 2 saturated heterocycles. The summed E-state index contributed by atoms with van der Waals surface area (Å²) in [5.74, 6) is -0.613. The quantitative estimate of drug-likeness (QED) is 0.116. The molecule has 0 aliphatic carbocycles. The van der Waals surface area contributed by atoms with Crippen molar-refractivity contribution in [3.05, 3.63) is 0 Å². The summed E-state index contributed by atoms with van der Waals surface area (Å²) >= 11 is 1.63. The van der Waals surface area contributed by atoms with Crippen LogP contribution >= 0.6 is 11.8 Å². The van der Waals surface area contributed by atoms with Gasteiger partial charge in [0, 0.05) is 19.2 Å². The van der Waals surface area contributed by atoms with Gasteiger partial charge in [0.25, 0.3) is 0 Å². The molecule has 0 radical (unpaired) electrons. The minimum atomic E-state index is -1.93. The van der Waals surface area contributed by atoms with Gasteiger partial charge in [0.2, 0.25) is 5.91 Å². The molecule has 2 aliphatic rings. The molecule has 1 amide bonds. The van der Waals surface area contributed by atoms with Crippen molar-refractivity contribution >= 4 is 23.6 Å². The number of carboxylic acids is 1. The maximum Gasteiger partial charge on any atom is 0.335 e. The number of ether oxygens (including phenoxy) is 4. The Balaban J connectivity index is 2.19. The summed E-state index contributed by atoms with van der Waals surface area (Å²) in [5.41, 5.74) is 5.45. The number of rotatable bonds is 12. The van der Waals surface area contributed by atoms with E-state index in [4.69, 9.17) is 24.7 Å². The van der Waals surface area contributed by atoms with Crippen LogP contribution in [-0.4, -0.2) is 135 Å². The van der Waals surface area contributed by atoms with Crippen LogP contribution in [0.1, 0.15) is 13.3 Å². The Morgan fingerprint density at radius 2 is 1.74 bits per heavy atom. The van der Waals surface area contributed by atoms with E-state index in [9.17, 15) is 40.2 Å². The second-order valence-electron chi connectivity index (χ2n) is 7.90. The number of amides is 1. The first kappa shape index (κ1) is 29.1. The van der Waals surface area contributed by atoms with Crippen LogP contribution in [0, 0.1) is 0 Å². The van der Waals surface area contributed by atoms with Crippen molar-refractivity contribution in [2.75, 3.05) is 31.3 Å². The van der Waals surface area contributed by atoms with Crippen molar-refractivity contribution in [2.24, 2.45) is 5.73 Å². The van der Waals surface area contributed by atoms with E-state index in [-0.39, 0.29) is 6.61 Å². The fourth-order valence-electron chi connectivity index (χ4n) is 3.63. The first-order valence-electron chi connectivity index (χ1n) is 10.8. The highest BCUT2D eigenvalue weighted by Crippen LogP contribution is 2.30. The summed E-state index contributed by atoms with van der Waals surface area (Å²) in [6.45, 7) is 1.30. The van der Waals surface area contributed by atoms with E-state index in [0.29, 0.717) is 13.0 Å². The molecular weight excluding hydrogens is 480 g/mol. The maximum atomic E-state index is 11.8. The Kier molecular flexibility index (Phi) is 11.9. The van der Waals surface area contributed by atoms with E-state index in [2.05, 4.69) is 5.32 Å². The van der Waals surface area contributed by atoms with Crippen LogP contribution in [0.15, 0.2) is 0 Å². The molecule has 10 atom stereocenters. The molecular formula is C19H34N2O12S. The molecule has 2 aliphatic heterocycles. The molecule has 14 nitrogen and oxygen atoms in total. The number of hydrogen-bond donors (Lipinski definition) is 8. The third kappa shape index (κ3) is 7.44. The predicted octanol–water partition coefficient (Wildman–Crippen LogP) is -4.05. The van der Waals surface area contributed by atoms with Gasteiger partial charge in [-0.25, -0.2) is 4.79 Å². The molecule has 0 saturated carbocycles. The van der Waals surface area contributed by atoms with Crippen molar-refractivity contribution < 1.29 is 59.2 Å². The Hall–Kier alpha value is -1.11. The first-order chi connectivity index (χ1) is 16.1. The molecule has 0 bridgehead atoms. The minimum absolute atomic E-state index is 0.202. The van der Waals surface area contributed by atoms with Crippen LogP contribution in [0.4, 0.5) is 0 Å². The molecule has 15 heteroatoms. The fourth-order valence-corrected chi connectivity index (χ4v) is 4.32. The third-order valence-corrected chi connectivity index (χ3v) is 6.41. The number of carbonyl (C=O) groups excluding carboxylic acids is 1. The van der Waals surface area contributed by atoms with Gasteiger partial charge in [-0.05, 0) is 12.2 Å². The van der Waals surface area contributed by atoms with Gasteiger partial charge in [0.1, 0.15) is 42.7 Å². The second-order valence-corrected chi connectivity index (χ2v) is 9.13. The van der Waals surface area contributed by atoms with Crippen LogP contribution in [-0.2, 0) is 28.5 Å². The minimum Gasteiger partial charge on any atom is -0.479 e. The predicted molar refractivity (Wildman–Crippen MR) is 115 cm³/mol. The summed E-state index contributed by atoms with van der Waals surface area (Å²) in [7, 11) is 0. The number of nitrogens with one attached hydrogen (secondary N) is 1. The summed E-state index contributed by atoms with van der Waals surface area (Å²) in [5, 5.41) is 62.3. The number of nitrogens with two attached hydrogens (primary N) is 1. The van der Waals surface area contributed by atoms with Gasteiger partial charge in [-0.1, -0.05) is 0 Å². The average Bonchev–Trinajstić information content (AvgIpc) is 2.79. The number of hydrogen-bond acceptors (Lipinski definition) is 13. The number of carboxylic acid groups (broad SMARTS) is 1. The Morgan fingerprint density at radius 1 is 1.03 bits per heavy atom. The Morgan fingerprint density at radius 3 is 2.32 bits per heavy atom. The standard InChI is InChI=1S/C19H34N2O12S/c1-8(23)21-10-15(32-19-14(27)12(25)13(26)16(33-19)17(28)29)11(24)9(7-22)31-18(10)30-4-2-5-34-6-3-20/h9-16,18-19,22,24-27H,2-7,20H2,1H3,(H,21,23)(H,28,29)/t9-,10-,11+,12+,13+,14-,15-,16+,18-,19-/m1/s1. The lowest BCUT2D eigenvalue weighted by Gasteiger charge is -2.47. The lowest BCUT2D eigenvalue weighted by molar-refractivity contribution is -0.340. The lowest BCUT2D eigenvalue weighted by Crippen LogP contribution is -2.68. The van der Waals surface area contributed by atoms with Crippen molar-refractivity contribution in [2.45, 2.75) is 74.7 Å². The summed E-state index contributed by atoms with van der Waals surface area (Å²) in [6, 6.07) is -1.16. The largest absolute Gasteiger partial charge is 0.479 e. The zero-order chi connectivity index (χ0) is 25.4. The smallest absolute Gasteiger partial charge is 0.335 e. The summed E-state index contributed by atoms with van der Waals surface area (Å²) in [4.78, 5) is 23.2. The highest BCUT2D eigenvalue weighted by Gasteiger charge is 2.52. The molecule has 0 unspecified atom stereocenters.